The van der Waals surface area contributed by atoms with Crippen LogP contribution < -0.4 is 5.32 Å². The summed E-state index contributed by atoms with van der Waals surface area (Å²) in [5.74, 6) is -1.99. The van der Waals surface area contributed by atoms with E-state index in [4.69, 9.17) is 4.42 Å². The number of urea groups is 1. The Hall–Kier alpha value is -2.74. The highest BCUT2D eigenvalue weighted by atomic mass is 19.1. The zero-order chi connectivity index (χ0) is 17.5. The quantitative estimate of drug-likeness (QED) is 0.837. The zero-order valence-electron chi connectivity index (χ0n) is 12.6. The first kappa shape index (κ1) is 16.1. The van der Waals surface area contributed by atoms with Crippen molar-refractivity contribution in [3.05, 3.63) is 59.6 Å². The van der Waals surface area contributed by atoms with E-state index < -0.39 is 41.8 Å². The van der Waals surface area contributed by atoms with E-state index in [2.05, 4.69) is 5.32 Å². The first-order valence-corrected chi connectivity index (χ1v) is 7.14. The molecule has 0 spiro atoms. The molecule has 24 heavy (non-hydrogen) atoms. The lowest BCUT2D eigenvalue weighted by Crippen LogP contribution is -2.41. The number of β-amino-alcohol motifs (C(OH)–C–C–N with tert-alkyl or cyclic N) is 1. The molecule has 126 valence electrons. The van der Waals surface area contributed by atoms with Gasteiger partial charge in [-0.1, -0.05) is 0 Å². The van der Waals surface area contributed by atoms with Crippen LogP contribution in [0.25, 0.3) is 0 Å². The third-order valence-electron chi connectivity index (χ3n) is 3.96. The van der Waals surface area contributed by atoms with Gasteiger partial charge in [-0.15, -0.1) is 0 Å². The van der Waals surface area contributed by atoms with E-state index in [9.17, 15) is 23.5 Å². The Morgan fingerprint density at radius 3 is 2.75 bits per heavy atom. The maximum Gasteiger partial charge on any atom is 0.325 e. The minimum absolute atomic E-state index is 0.231. The van der Waals surface area contributed by atoms with Crippen molar-refractivity contribution in [2.45, 2.75) is 18.6 Å². The van der Waals surface area contributed by atoms with E-state index in [1.54, 1.807) is 6.07 Å². The molecule has 0 radical (unpaired) electrons. The summed E-state index contributed by atoms with van der Waals surface area (Å²) in [5.41, 5.74) is -1.75. The van der Waals surface area contributed by atoms with Crippen LogP contribution in [0, 0.1) is 11.6 Å². The smallest absolute Gasteiger partial charge is 0.325 e. The number of nitrogens with zero attached hydrogens (tertiary/aromatic N) is 1. The van der Waals surface area contributed by atoms with Crippen molar-refractivity contribution in [2.24, 2.45) is 0 Å². The van der Waals surface area contributed by atoms with Gasteiger partial charge in [0.05, 0.1) is 12.8 Å². The van der Waals surface area contributed by atoms with Crippen molar-refractivity contribution < 1.29 is 27.9 Å². The predicted octanol–water partition coefficient (Wildman–Crippen LogP) is 2.06. The second-order valence-corrected chi connectivity index (χ2v) is 5.63. The van der Waals surface area contributed by atoms with E-state index in [0.717, 1.165) is 23.1 Å². The third kappa shape index (κ3) is 2.54. The van der Waals surface area contributed by atoms with Crippen LogP contribution >= 0.6 is 0 Å². The van der Waals surface area contributed by atoms with Crippen molar-refractivity contribution in [1.29, 1.82) is 0 Å². The molecule has 0 unspecified atom stereocenters. The molecule has 8 heteroatoms. The fourth-order valence-electron chi connectivity index (χ4n) is 2.63. The lowest BCUT2D eigenvalue weighted by Gasteiger charge is -2.21. The molecule has 1 aromatic carbocycles. The summed E-state index contributed by atoms with van der Waals surface area (Å²) < 4.78 is 32.1. The van der Waals surface area contributed by atoms with Gasteiger partial charge in [0.15, 0.2) is 5.54 Å². The Balaban J connectivity index is 1.84. The van der Waals surface area contributed by atoms with E-state index in [1.807, 2.05) is 0 Å². The van der Waals surface area contributed by atoms with Gasteiger partial charge in [-0.2, -0.15) is 0 Å². The largest absolute Gasteiger partial charge is 0.466 e. The molecule has 1 aromatic heterocycles. The van der Waals surface area contributed by atoms with E-state index in [-0.39, 0.29) is 11.3 Å². The molecule has 1 aliphatic heterocycles. The Bertz CT molecular complexity index is 793. The number of aliphatic hydroxyl groups excluding tert-OH is 1. The number of aliphatic hydroxyl groups is 1. The molecule has 0 aliphatic carbocycles. The lowest BCUT2D eigenvalue weighted by atomic mass is 9.99. The molecule has 6 nitrogen and oxygen atoms in total. The number of carbonyl (C=O) groups excluding carboxylic acids is 2. The summed E-state index contributed by atoms with van der Waals surface area (Å²) in [6.45, 7) is 0.947. The van der Waals surface area contributed by atoms with Gasteiger partial charge in [-0.3, -0.25) is 9.69 Å². The van der Waals surface area contributed by atoms with Crippen molar-refractivity contribution in [1.82, 2.24) is 10.2 Å². The number of rotatable bonds is 4. The van der Waals surface area contributed by atoms with Crippen LogP contribution in [0.15, 0.2) is 41.0 Å². The van der Waals surface area contributed by atoms with Crippen molar-refractivity contribution >= 4 is 11.9 Å². The number of hydrogen-bond acceptors (Lipinski definition) is 4. The van der Waals surface area contributed by atoms with Crippen LogP contribution in [0.2, 0.25) is 0 Å². The van der Waals surface area contributed by atoms with Crippen LogP contribution in [0.4, 0.5) is 13.6 Å². The second kappa shape index (κ2) is 5.72. The Morgan fingerprint density at radius 1 is 1.33 bits per heavy atom. The SMILES string of the molecule is C[C@]1(c2ccco2)NC(=O)N(C[C@H](O)c2cc(F)ccc2F)C1=O. The van der Waals surface area contributed by atoms with Crippen molar-refractivity contribution in [3.8, 4) is 0 Å². The number of hydrogen-bond donors (Lipinski definition) is 2. The van der Waals surface area contributed by atoms with Gasteiger partial charge in [0.25, 0.3) is 5.91 Å². The van der Waals surface area contributed by atoms with Gasteiger partial charge in [-0.05, 0) is 37.3 Å². The minimum Gasteiger partial charge on any atom is -0.466 e. The topological polar surface area (TPSA) is 82.8 Å². The molecule has 3 amide bonds. The first-order chi connectivity index (χ1) is 11.3. The Kier molecular flexibility index (Phi) is 3.84. The molecule has 3 rings (SSSR count). The molecule has 2 aromatic rings. The molecule has 1 saturated heterocycles. The van der Waals surface area contributed by atoms with Gasteiger partial charge in [0, 0.05) is 5.56 Å². The first-order valence-electron chi connectivity index (χ1n) is 7.14. The number of carbonyl (C=O) groups is 2. The van der Waals surface area contributed by atoms with E-state index in [1.165, 1.54) is 19.3 Å². The molecular formula is C16H14F2N2O4. The number of amides is 3. The van der Waals surface area contributed by atoms with Gasteiger partial charge in [-0.25, -0.2) is 13.6 Å². The Labute approximate surface area is 135 Å². The van der Waals surface area contributed by atoms with Gasteiger partial charge < -0.3 is 14.8 Å². The minimum atomic E-state index is -1.56. The van der Waals surface area contributed by atoms with Gasteiger partial charge in [0.2, 0.25) is 0 Å². The highest BCUT2D eigenvalue weighted by Gasteiger charge is 2.51. The highest BCUT2D eigenvalue weighted by molar-refractivity contribution is 6.06. The number of imide groups is 1. The normalized spacial score (nSPS) is 21.9. The fraction of sp³-hybridized carbons (Fsp3) is 0.250. The molecule has 0 bridgehead atoms. The summed E-state index contributed by atoms with van der Waals surface area (Å²) in [6.07, 6.45) is -0.200. The van der Waals surface area contributed by atoms with Crippen LogP contribution in [-0.4, -0.2) is 28.5 Å². The van der Waals surface area contributed by atoms with Crippen LogP contribution in [0.1, 0.15) is 24.4 Å². The third-order valence-corrected chi connectivity index (χ3v) is 3.96. The van der Waals surface area contributed by atoms with Gasteiger partial charge >= 0.3 is 6.03 Å². The summed E-state index contributed by atoms with van der Waals surface area (Å²) in [4.78, 5) is 25.4. The fourth-order valence-corrected chi connectivity index (χ4v) is 2.63. The summed E-state index contributed by atoms with van der Waals surface area (Å²) in [7, 11) is 0. The van der Waals surface area contributed by atoms with Crippen molar-refractivity contribution in [2.75, 3.05) is 6.54 Å². The zero-order valence-corrected chi connectivity index (χ0v) is 12.6. The number of benzene rings is 1. The van der Waals surface area contributed by atoms with E-state index >= 15 is 0 Å². The van der Waals surface area contributed by atoms with Crippen LogP contribution in [0.5, 0.6) is 0 Å². The average Bonchev–Trinajstić information content (AvgIpc) is 3.14. The average molecular weight is 336 g/mol. The molecule has 2 atom stereocenters. The maximum absolute atomic E-state index is 13.7. The van der Waals surface area contributed by atoms with E-state index in [0.29, 0.717) is 0 Å². The molecule has 1 aliphatic rings. The summed E-state index contributed by atoms with van der Waals surface area (Å²) in [6, 6.07) is 4.95. The monoisotopic (exact) mass is 336 g/mol. The molecular weight excluding hydrogens is 322 g/mol. The second-order valence-electron chi connectivity index (χ2n) is 5.63. The van der Waals surface area contributed by atoms with Gasteiger partial charge in [0.1, 0.15) is 23.5 Å². The van der Waals surface area contributed by atoms with Crippen LogP contribution in [0.3, 0.4) is 0 Å². The summed E-state index contributed by atoms with van der Waals surface area (Å²) in [5, 5.41) is 12.6. The molecule has 2 heterocycles. The maximum atomic E-state index is 13.7. The number of halogens is 2. The Morgan fingerprint density at radius 2 is 2.08 bits per heavy atom. The molecule has 0 saturated carbocycles. The predicted molar refractivity (Wildman–Crippen MR) is 77.6 cm³/mol. The number of nitrogens with one attached hydrogen (secondary N) is 1. The van der Waals surface area contributed by atoms with Crippen molar-refractivity contribution in [3.63, 3.8) is 0 Å². The standard InChI is InChI=1S/C16H14F2N2O4/c1-16(13-3-2-6-24-13)14(22)20(15(23)19-16)8-12(21)10-7-9(17)4-5-11(10)18/h2-7,12,21H,8H2,1H3,(H,19,23)/t12-,16+/m0/s1. The van der Waals surface area contributed by atoms with Crippen LogP contribution in [-0.2, 0) is 10.3 Å². The summed E-state index contributed by atoms with van der Waals surface area (Å²) >= 11 is 0. The molecule has 1 fully saturated rings. The number of furan rings is 1. The lowest BCUT2D eigenvalue weighted by molar-refractivity contribution is -0.132. The highest BCUT2D eigenvalue weighted by Crippen LogP contribution is 2.30. The molecule has 2 N–H and O–H groups in total.